The number of nitrogens with zero attached hydrogens (tertiary/aromatic N) is 3. The molecule has 0 radical (unpaired) electrons. The van der Waals surface area contributed by atoms with E-state index >= 15 is 0 Å². The molecule has 29 heavy (non-hydrogen) atoms. The van der Waals surface area contributed by atoms with Crippen molar-refractivity contribution >= 4 is 23.5 Å². The molecule has 1 aromatic carbocycles. The third kappa shape index (κ3) is 4.13. The van der Waals surface area contributed by atoms with Gasteiger partial charge in [0.25, 0.3) is 0 Å². The minimum Gasteiger partial charge on any atom is -0.328 e. The molecule has 2 aromatic rings. The number of aryl methyl sites for hydroxylation is 1. The Morgan fingerprint density at radius 2 is 1.97 bits per heavy atom. The molecule has 154 valence electrons. The number of carbonyl (C=O) groups is 1. The normalized spacial score (nSPS) is 20.3. The Morgan fingerprint density at radius 1 is 1.21 bits per heavy atom. The van der Waals surface area contributed by atoms with Gasteiger partial charge in [-0.25, -0.2) is 4.68 Å². The lowest BCUT2D eigenvalue weighted by molar-refractivity contribution is -0.118. The number of ketones is 1. The molecular formula is C23H30N4OS. The highest BCUT2D eigenvalue weighted by atomic mass is 32.2. The fourth-order valence-corrected chi connectivity index (χ4v) is 5.05. The number of fused-ring (bicyclic) bond motifs is 1. The Morgan fingerprint density at radius 3 is 2.69 bits per heavy atom. The van der Waals surface area contributed by atoms with Gasteiger partial charge in [-0.3, -0.25) is 4.79 Å². The van der Waals surface area contributed by atoms with Crippen LogP contribution in [0.4, 0.5) is 5.95 Å². The summed E-state index contributed by atoms with van der Waals surface area (Å²) >= 11 is 1.70. The Hall–Kier alpha value is -2.08. The molecule has 0 spiro atoms. The second-order valence-electron chi connectivity index (χ2n) is 8.99. The van der Waals surface area contributed by atoms with Gasteiger partial charge in [0.2, 0.25) is 11.1 Å². The van der Waals surface area contributed by atoms with Crippen molar-refractivity contribution in [3.63, 3.8) is 0 Å². The van der Waals surface area contributed by atoms with Crippen LogP contribution in [0.15, 0.2) is 40.7 Å². The van der Waals surface area contributed by atoms with E-state index in [1.807, 2.05) is 4.68 Å². The number of Topliss-reactive ketones (excluding diaryl/α,β-unsaturated/α-hetero) is 1. The van der Waals surface area contributed by atoms with Crippen LogP contribution in [0.2, 0.25) is 0 Å². The zero-order valence-electron chi connectivity index (χ0n) is 17.8. The number of unbranched alkanes of at least 4 members (excludes halogenated alkanes) is 2. The Bertz CT molecular complexity index is 942. The maximum Gasteiger partial charge on any atom is 0.227 e. The van der Waals surface area contributed by atoms with E-state index in [0.29, 0.717) is 6.42 Å². The Labute approximate surface area is 177 Å². The molecule has 5 nitrogen and oxygen atoms in total. The average Bonchev–Trinajstić information content (AvgIpc) is 3.06. The lowest BCUT2D eigenvalue weighted by Crippen LogP contribution is -2.36. The summed E-state index contributed by atoms with van der Waals surface area (Å²) in [6, 6.07) is 8.23. The first-order valence-electron chi connectivity index (χ1n) is 10.6. The van der Waals surface area contributed by atoms with Gasteiger partial charge in [-0.2, -0.15) is 4.98 Å². The van der Waals surface area contributed by atoms with Gasteiger partial charge in [-0.15, -0.1) is 5.10 Å². The van der Waals surface area contributed by atoms with Crippen molar-refractivity contribution in [3.05, 3.63) is 46.7 Å². The number of carbonyl (C=O) groups excluding carboxylic acids is 1. The van der Waals surface area contributed by atoms with Crippen LogP contribution in [-0.2, 0) is 4.79 Å². The minimum absolute atomic E-state index is 0.0410. The third-order valence-electron chi connectivity index (χ3n) is 5.68. The quantitative estimate of drug-likeness (QED) is 0.501. The van der Waals surface area contributed by atoms with Crippen molar-refractivity contribution in [2.45, 2.75) is 71.0 Å². The van der Waals surface area contributed by atoms with Gasteiger partial charge in [0.1, 0.15) is 6.04 Å². The van der Waals surface area contributed by atoms with Gasteiger partial charge in [0, 0.05) is 23.4 Å². The SMILES string of the molecule is CCCCCSc1nc2n(n1)[C@@H](c1ccc(C)cc1)C1=C(CC(C)(C)CC1=O)N2. The summed E-state index contributed by atoms with van der Waals surface area (Å²) in [5, 5.41) is 9.05. The first-order chi connectivity index (χ1) is 13.9. The van der Waals surface area contributed by atoms with E-state index in [4.69, 9.17) is 10.1 Å². The molecule has 6 heteroatoms. The third-order valence-corrected chi connectivity index (χ3v) is 6.61. The standard InChI is InChI=1S/C23H30N4OS/c1-5-6-7-12-29-22-25-21-24-17-13-23(3,4)14-18(28)19(17)20(27(21)26-22)16-10-8-15(2)9-11-16/h8-11,20H,5-7,12-14H2,1-4H3,(H,24,25,26)/t20-/m0/s1. The fourth-order valence-electron chi connectivity index (χ4n) is 4.22. The van der Waals surface area contributed by atoms with E-state index in [-0.39, 0.29) is 17.2 Å². The molecule has 1 aromatic heterocycles. The molecule has 1 N–H and O–H groups in total. The summed E-state index contributed by atoms with van der Waals surface area (Å²) in [6.45, 7) is 8.61. The molecule has 1 aliphatic heterocycles. The first-order valence-corrected chi connectivity index (χ1v) is 11.6. The fraction of sp³-hybridized carbons (Fsp3) is 0.522. The second kappa shape index (κ2) is 7.98. The monoisotopic (exact) mass is 410 g/mol. The topological polar surface area (TPSA) is 59.8 Å². The number of thioether (sulfide) groups is 1. The lowest BCUT2D eigenvalue weighted by Gasteiger charge is -2.38. The highest BCUT2D eigenvalue weighted by Gasteiger charge is 2.41. The van der Waals surface area contributed by atoms with Crippen LogP contribution in [0.3, 0.4) is 0 Å². The van der Waals surface area contributed by atoms with Crippen molar-refractivity contribution in [2.75, 3.05) is 11.1 Å². The zero-order valence-corrected chi connectivity index (χ0v) is 18.6. The molecule has 1 atom stereocenters. The summed E-state index contributed by atoms with van der Waals surface area (Å²) < 4.78 is 1.92. The van der Waals surface area contributed by atoms with Crippen LogP contribution in [0.5, 0.6) is 0 Å². The largest absolute Gasteiger partial charge is 0.328 e. The maximum absolute atomic E-state index is 13.2. The summed E-state index contributed by atoms with van der Waals surface area (Å²) in [5.74, 6) is 1.98. The molecule has 2 heterocycles. The smallest absolute Gasteiger partial charge is 0.227 e. The van der Waals surface area contributed by atoms with E-state index in [0.717, 1.165) is 40.1 Å². The molecule has 0 unspecified atom stereocenters. The molecular weight excluding hydrogens is 380 g/mol. The second-order valence-corrected chi connectivity index (χ2v) is 10.1. The molecule has 2 aliphatic rings. The van der Waals surface area contributed by atoms with Crippen molar-refractivity contribution in [1.29, 1.82) is 0 Å². The van der Waals surface area contributed by atoms with Gasteiger partial charge in [0.15, 0.2) is 5.78 Å². The summed E-state index contributed by atoms with van der Waals surface area (Å²) in [7, 11) is 0. The number of anilines is 1. The van der Waals surface area contributed by atoms with Gasteiger partial charge < -0.3 is 5.32 Å². The predicted molar refractivity (Wildman–Crippen MR) is 118 cm³/mol. The van der Waals surface area contributed by atoms with Crippen molar-refractivity contribution in [3.8, 4) is 0 Å². The van der Waals surface area contributed by atoms with Crippen LogP contribution in [0, 0.1) is 12.3 Å². The Kier molecular flexibility index (Phi) is 5.56. The van der Waals surface area contributed by atoms with Crippen molar-refractivity contribution in [1.82, 2.24) is 14.8 Å². The first kappa shape index (κ1) is 20.2. The lowest BCUT2D eigenvalue weighted by atomic mass is 9.73. The average molecular weight is 411 g/mol. The number of hydrogen-bond donors (Lipinski definition) is 1. The van der Waals surface area contributed by atoms with E-state index in [1.54, 1.807) is 11.8 Å². The van der Waals surface area contributed by atoms with E-state index < -0.39 is 0 Å². The van der Waals surface area contributed by atoms with E-state index in [2.05, 4.69) is 57.3 Å². The summed E-state index contributed by atoms with van der Waals surface area (Å²) in [4.78, 5) is 18.0. The molecule has 0 fully saturated rings. The zero-order chi connectivity index (χ0) is 20.6. The number of aromatic nitrogens is 3. The number of hydrogen-bond acceptors (Lipinski definition) is 5. The highest BCUT2D eigenvalue weighted by Crippen LogP contribution is 2.45. The predicted octanol–water partition coefficient (Wildman–Crippen LogP) is 5.53. The number of rotatable bonds is 6. The highest BCUT2D eigenvalue weighted by molar-refractivity contribution is 7.99. The molecule has 1 aliphatic carbocycles. The maximum atomic E-state index is 13.2. The number of nitrogens with one attached hydrogen (secondary N) is 1. The number of allylic oxidation sites excluding steroid dienone is 2. The summed E-state index contributed by atoms with van der Waals surface area (Å²) in [5.41, 5.74) is 4.12. The van der Waals surface area contributed by atoms with E-state index in [1.165, 1.54) is 24.8 Å². The van der Waals surface area contributed by atoms with Crippen LogP contribution < -0.4 is 5.32 Å². The van der Waals surface area contributed by atoms with Crippen LogP contribution in [0.25, 0.3) is 0 Å². The molecule has 4 rings (SSSR count). The molecule has 0 amide bonds. The van der Waals surface area contributed by atoms with Gasteiger partial charge in [0.05, 0.1) is 0 Å². The van der Waals surface area contributed by atoms with Crippen LogP contribution in [0.1, 0.15) is 70.0 Å². The Balaban J connectivity index is 1.73. The van der Waals surface area contributed by atoms with Crippen LogP contribution in [-0.4, -0.2) is 26.3 Å². The van der Waals surface area contributed by atoms with Gasteiger partial charge >= 0.3 is 0 Å². The van der Waals surface area contributed by atoms with Gasteiger partial charge in [-0.05, 0) is 30.7 Å². The molecule has 0 bridgehead atoms. The molecule has 0 saturated heterocycles. The minimum atomic E-state index is -0.206. The number of benzene rings is 1. The summed E-state index contributed by atoms with van der Waals surface area (Å²) in [6.07, 6.45) is 5.02. The van der Waals surface area contributed by atoms with Gasteiger partial charge in [-0.1, -0.05) is 75.2 Å². The van der Waals surface area contributed by atoms with Crippen LogP contribution >= 0.6 is 11.8 Å². The van der Waals surface area contributed by atoms with E-state index in [9.17, 15) is 4.79 Å². The van der Waals surface area contributed by atoms with Crippen molar-refractivity contribution in [2.24, 2.45) is 5.41 Å². The van der Waals surface area contributed by atoms with Crippen molar-refractivity contribution < 1.29 is 4.79 Å². The molecule has 0 saturated carbocycles.